The molecular formula is C13H17ClF2N2O. The molecule has 0 saturated carbocycles. The zero-order valence-electron chi connectivity index (χ0n) is 10.6. The average Bonchev–Trinajstić information content (AvgIpc) is 2.28. The lowest BCUT2D eigenvalue weighted by Crippen LogP contribution is -2.46. The van der Waals surface area contributed by atoms with Crippen molar-refractivity contribution in [3.8, 4) is 0 Å². The number of hydrogen-bond donors (Lipinski definition) is 2. The van der Waals surface area contributed by atoms with Crippen LogP contribution >= 0.6 is 12.4 Å². The van der Waals surface area contributed by atoms with Crippen LogP contribution in [-0.2, 0) is 0 Å². The van der Waals surface area contributed by atoms with Gasteiger partial charge in [-0.2, -0.15) is 0 Å². The molecule has 1 saturated heterocycles. The van der Waals surface area contributed by atoms with Crippen LogP contribution < -0.4 is 10.6 Å². The molecule has 19 heavy (non-hydrogen) atoms. The van der Waals surface area contributed by atoms with Crippen LogP contribution in [0.1, 0.15) is 30.1 Å². The van der Waals surface area contributed by atoms with Crippen molar-refractivity contribution in [2.45, 2.75) is 31.8 Å². The van der Waals surface area contributed by atoms with Crippen molar-refractivity contribution in [1.29, 1.82) is 0 Å². The summed E-state index contributed by atoms with van der Waals surface area (Å²) in [6, 6.07) is 3.68. The summed E-state index contributed by atoms with van der Waals surface area (Å²) < 4.78 is 26.8. The molecule has 0 aliphatic carbocycles. The third-order valence-electron chi connectivity index (χ3n) is 3.15. The van der Waals surface area contributed by atoms with Crippen LogP contribution in [0.15, 0.2) is 18.2 Å². The molecule has 2 N–H and O–H groups in total. The minimum atomic E-state index is -0.825. The number of nitrogens with one attached hydrogen (secondary N) is 2. The van der Waals surface area contributed by atoms with Crippen molar-refractivity contribution in [3.05, 3.63) is 35.4 Å². The summed E-state index contributed by atoms with van der Waals surface area (Å²) >= 11 is 0. The first-order chi connectivity index (χ1) is 8.58. The highest BCUT2D eigenvalue weighted by Gasteiger charge is 2.23. The number of halogens is 3. The molecular weight excluding hydrogens is 274 g/mol. The van der Waals surface area contributed by atoms with E-state index < -0.39 is 23.1 Å². The lowest BCUT2D eigenvalue weighted by atomic mass is 10.00. The minimum absolute atomic E-state index is 0. The van der Waals surface area contributed by atoms with Gasteiger partial charge in [-0.25, -0.2) is 8.78 Å². The molecule has 1 fully saturated rings. The molecule has 2 rings (SSSR count). The lowest BCUT2D eigenvalue weighted by Gasteiger charge is -2.28. The van der Waals surface area contributed by atoms with E-state index in [1.165, 1.54) is 6.07 Å². The number of piperidine rings is 1. The number of hydrogen-bond acceptors (Lipinski definition) is 2. The van der Waals surface area contributed by atoms with Gasteiger partial charge < -0.3 is 10.6 Å². The SMILES string of the molecule is CC1CC(NC(=O)c2c(F)cccc2F)CCN1.Cl. The van der Waals surface area contributed by atoms with Gasteiger partial charge in [0.1, 0.15) is 17.2 Å². The van der Waals surface area contributed by atoms with Gasteiger partial charge in [-0.3, -0.25) is 4.79 Å². The molecule has 6 heteroatoms. The second-order valence-electron chi connectivity index (χ2n) is 4.65. The molecule has 106 valence electrons. The molecule has 0 bridgehead atoms. The van der Waals surface area contributed by atoms with E-state index in [9.17, 15) is 13.6 Å². The van der Waals surface area contributed by atoms with Gasteiger partial charge in [-0.05, 0) is 38.4 Å². The Morgan fingerprint density at radius 3 is 2.58 bits per heavy atom. The first-order valence-electron chi connectivity index (χ1n) is 6.06. The highest BCUT2D eigenvalue weighted by molar-refractivity contribution is 5.94. The van der Waals surface area contributed by atoms with E-state index in [4.69, 9.17) is 0 Å². The van der Waals surface area contributed by atoms with Crippen LogP contribution in [0.5, 0.6) is 0 Å². The van der Waals surface area contributed by atoms with Crippen molar-refractivity contribution in [3.63, 3.8) is 0 Å². The van der Waals surface area contributed by atoms with E-state index in [0.717, 1.165) is 31.5 Å². The maximum atomic E-state index is 13.4. The smallest absolute Gasteiger partial charge is 0.257 e. The Morgan fingerprint density at radius 1 is 1.37 bits per heavy atom. The van der Waals surface area contributed by atoms with Gasteiger partial charge >= 0.3 is 0 Å². The van der Waals surface area contributed by atoms with E-state index in [1.54, 1.807) is 0 Å². The Bertz CT molecular complexity index is 436. The Labute approximate surface area is 117 Å². The van der Waals surface area contributed by atoms with Crippen molar-refractivity contribution in [1.82, 2.24) is 10.6 Å². The number of rotatable bonds is 2. The summed E-state index contributed by atoms with van der Waals surface area (Å²) in [6.07, 6.45) is 1.54. The zero-order chi connectivity index (χ0) is 13.1. The standard InChI is InChI=1S/C13H16F2N2O.ClH/c1-8-7-9(5-6-16-8)17-13(18)12-10(14)3-2-4-11(12)15;/h2-4,8-9,16H,5-7H2,1H3,(H,17,18);1H. The number of carbonyl (C=O) groups is 1. The molecule has 1 amide bonds. The summed E-state index contributed by atoms with van der Waals surface area (Å²) in [5.74, 6) is -2.33. The zero-order valence-corrected chi connectivity index (χ0v) is 11.4. The second kappa shape index (κ2) is 6.82. The number of benzene rings is 1. The monoisotopic (exact) mass is 290 g/mol. The Balaban J connectivity index is 0.00000180. The fourth-order valence-electron chi connectivity index (χ4n) is 2.24. The van der Waals surface area contributed by atoms with Crippen LogP contribution in [-0.4, -0.2) is 24.5 Å². The maximum Gasteiger partial charge on any atom is 0.257 e. The van der Waals surface area contributed by atoms with Gasteiger partial charge in [0.25, 0.3) is 5.91 Å². The highest BCUT2D eigenvalue weighted by atomic mass is 35.5. The van der Waals surface area contributed by atoms with Gasteiger partial charge in [0.05, 0.1) is 0 Å². The largest absolute Gasteiger partial charge is 0.349 e. The summed E-state index contributed by atoms with van der Waals surface area (Å²) in [5.41, 5.74) is -0.497. The minimum Gasteiger partial charge on any atom is -0.349 e. The fourth-order valence-corrected chi connectivity index (χ4v) is 2.24. The summed E-state index contributed by atoms with van der Waals surface area (Å²) in [4.78, 5) is 11.8. The molecule has 2 unspecified atom stereocenters. The summed E-state index contributed by atoms with van der Waals surface area (Å²) in [6.45, 7) is 2.81. The quantitative estimate of drug-likeness (QED) is 0.877. The Kier molecular flexibility index (Phi) is 5.69. The predicted octanol–water partition coefficient (Wildman–Crippen LogP) is 2.26. The number of carbonyl (C=O) groups excluding carboxylic acids is 1. The van der Waals surface area contributed by atoms with Crippen molar-refractivity contribution >= 4 is 18.3 Å². The van der Waals surface area contributed by atoms with E-state index >= 15 is 0 Å². The first kappa shape index (κ1) is 15.9. The molecule has 1 aliphatic heterocycles. The van der Waals surface area contributed by atoms with Crippen molar-refractivity contribution < 1.29 is 13.6 Å². The molecule has 1 aromatic carbocycles. The molecule has 0 aromatic heterocycles. The van der Waals surface area contributed by atoms with Crippen molar-refractivity contribution in [2.24, 2.45) is 0 Å². The molecule has 3 nitrogen and oxygen atoms in total. The number of amides is 1. The van der Waals surface area contributed by atoms with Crippen molar-refractivity contribution in [2.75, 3.05) is 6.54 Å². The topological polar surface area (TPSA) is 41.1 Å². The highest BCUT2D eigenvalue weighted by Crippen LogP contribution is 2.14. The van der Waals surface area contributed by atoms with Crippen LogP contribution in [0.25, 0.3) is 0 Å². The maximum absolute atomic E-state index is 13.4. The van der Waals surface area contributed by atoms with Crippen LogP contribution in [0.3, 0.4) is 0 Å². The average molecular weight is 291 g/mol. The summed E-state index contributed by atoms with van der Waals surface area (Å²) in [7, 11) is 0. The normalized spacial score (nSPS) is 22.5. The van der Waals surface area contributed by atoms with Gasteiger partial charge in [0.15, 0.2) is 0 Å². The third-order valence-corrected chi connectivity index (χ3v) is 3.15. The second-order valence-corrected chi connectivity index (χ2v) is 4.65. The van der Waals surface area contributed by atoms with Gasteiger partial charge in [-0.15, -0.1) is 12.4 Å². The Morgan fingerprint density at radius 2 is 2.00 bits per heavy atom. The molecule has 0 radical (unpaired) electrons. The van der Waals surface area contributed by atoms with Crippen LogP contribution in [0.2, 0.25) is 0 Å². The molecule has 1 aliphatic rings. The van der Waals surface area contributed by atoms with E-state index in [0.29, 0.717) is 6.04 Å². The molecule has 2 atom stereocenters. The van der Waals surface area contributed by atoms with Gasteiger partial charge in [-0.1, -0.05) is 6.07 Å². The third kappa shape index (κ3) is 3.88. The first-order valence-corrected chi connectivity index (χ1v) is 6.06. The van der Waals surface area contributed by atoms with Crippen LogP contribution in [0.4, 0.5) is 8.78 Å². The van der Waals surface area contributed by atoms with Gasteiger partial charge in [0, 0.05) is 12.1 Å². The molecule has 1 aromatic rings. The van der Waals surface area contributed by atoms with E-state index in [-0.39, 0.29) is 18.4 Å². The Hall–Kier alpha value is -1.20. The lowest BCUT2D eigenvalue weighted by molar-refractivity contribution is 0.0917. The molecule has 0 spiro atoms. The molecule has 1 heterocycles. The van der Waals surface area contributed by atoms with E-state index in [1.807, 2.05) is 6.92 Å². The van der Waals surface area contributed by atoms with E-state index in [2.05, 4.69) is 10.6 Å². The predicted molar refractivity (Wildman–Crippen MR) is 71.6 cm³/mol. The van der Waals surface area contributed by atoms with Gasteiger partial charge in [0.2, 0.25) is 0 Å². The van der Waals surface area contributed by atoms with Crippen LogP contribution in [0, 0.1) is 11.6 Å². The fraction of sp³-hybridized carbons (Fsp3) is 0.462. The summed E-state index contributed by atoms with van der Waals surface area (Å²) in [5, 5.41) is 5.94.